The number of ether oxygens (including phenoxy) is 3. The van der Waals surface area contributed by atoms with Gasteiger partial charge in [0.1, 0.15) is 12.4 Å². The maximum Gasteiger partial charge on any atom is 0.191 e. The van der Waals surface area contributed by atoms with Gasteiger partial charge in [0.2, 0.25) is 0 Å². The minimum Gasteiger partial charge on any atom is -0.546 e. The van der Waals surface area contributed by atoms with Crippen molar-refractivity contribution in [2.24, 2.45) is 5.10 Å². The third-order valence-corrected chi connectivity index (χ3v) is 3.45. The molecule has 0 fully saturated rings. The highest BCUT2D eigenvalue weighted by molar-refractivity contribution is 7.80. The van der Waals surface area contributed by atoms with Crippen LogP contribution in [0, 0.1) is 0 Å². The number of nitrogens with one attached hydrogen (secondary N) is 2. The van der Waals surface area contributed by atoms with E-state index >= 15 is 0 Å². The van der Waals surface area contributed by atoms with Gasteiger partial charge in [-0.25, -0.2) is 0 Å². The average molecular weight is 388 g/mol. The quantitative estimate of drug-likeness (QED) is 0.394. The Bertz CT molecular complexity index is 824. The van der Waals surface area contributed by atoms with Crippen molar-refractivity contribution in [3.63, 3.8) is 0 Å². The van der Waals surface area contributed by atoms with Crippen LogP contribution in [0.25, 0.3) is 0 Å². The monoisotopic (exact) mass is 388 g/mol. The largest absolute Gasteiger partial charge is 0.546 e. The number of carbonyl (C=O) groups excluding carboxylic acids is 1. The number of thiocarbonyl (C=S) groups is 1. The van der Waals surface area contributed by atoms with Gasteiger partial charge in [-0.15, -0.1) is 0 Å². The molecule has 9 heteroatoms. The molecule has 2 aromatic rings. The fourth-order valence-electron chi connectivity index (χ4n) is 2.03. The van der Waals surface area contributed by atoms with Gasteiger partial charge in [0.25, 0.3) is 0 Å². The predicted octanol–water partition coefficient (Wildman–Crippen LogP) is 1.15. The van der Waals surface area contributed by atoms with Crippen molar-refractivity contribution in [3.8, 4) is 17.2 Å². The first kappa shape index (κ1) is 20.0. The molecule has 0 spiro atoms. The van der Waals surface area contributed by atoms with Gasteiger partial charge in [-0.1, -0.05) is 0 Å². The van der Waals surface area contributed by atoms with E-state index in [1.165, 1.54) is 0 Å². The number of aliphatic carboxylic acids is 1. The van der Waals surface area contributed by atoms with Crippen molar-refractivity contribution in [1.82, 2.24) is 5.43 Å². The second kappa shape index (κ2) is 9.97. The van der Waals surface area contributed by atoms with Crippen molar-refractivity contribution in [2.75, 3.05) is 26.1 Å². The lowest BCUT2D eigenvalue weighted by atomic mass is 10.2. The lowest BCUT2D eigenvalue weighted by Gasteiger charge is -2.11. The Morgan fingerprint density at radius 1 is 1.15 bits per heavy atom. The topological polar surface area (TPSA) is 104 Å². The Labute approximate surface area is 161 Å². The molecule has 142 valence electrons. The molecule has 0 aromatic heterocycles. The first-order valence-electron chi connectivity index (χ1n) is 7.76. The summed E-state index contributed by atoms with van der Waals surface area (Å²) in [5.41, 5.74) is 4.19. The molecule has 0 atom stereocenters. The van der Waals surface area contributed by atoms with Crippen LogP contribution >= 0.6 is 12.2 Å². The van der Waals surface area contributed by atoms with E-state index in [9.17, 15) is 9.90 Å². The summed E-state index contributed by atoms with van der Waals surface area (Å²) < 4.78 is 15.4. The molecule has 0 saturated carbocycles. The van der Waals surface area contributed by atoms with Crippen LogP contribution < -0.4 is 30.1 Å². The van der Waals surface area contributed by atoms with Gasteiger partial charge in [-0.05, 0) is 54.2 Å². The molecule has 0 bridgehead atoms. The van der Waals surface area contributed by atoms with Gasteiger partial charge in [-0.2, -0.15) is 5.10 Å². The van der Waals surface area contributed by atoms with E-state index in [0.29, 0.717) is 22.4 Å². The number of hydrazone groups is 1. The lowest BCUT2D eigenvalue weighted by molar-refractivity contribution is -0.307. The summed E-state index contributed by atoms with van der Waals surface area (Å²) in [4.78, 5) is 10.3. The van der Waals surface area contributed by atoms with Crippen LogP contribution in [-0.4, -0.2) is 38.1 Å². The van der Waals surface area contributed by atoms with Crippen molar-refractivity contribution in [2.45, 2.75) is 0 Å². The van der Waals surface area contributed by atoms with E-state index in [0.717, 1.165) is 11.3 Å². The smallest absolute Gasteiger partial charge is 0.191 e. The van der Waals surface area contributed by atoms with E-state index in [4.69, 9.17) is 26.4 Å². The van der Waals surface area contributed by atoms with E-state index in [-0.39, 0.29) is 0 Å². The third-order valence-electron chi connectivity index (χ3n) is 3.26. The Kier molecular flexibility index (Phi) is 7.38. The highest BCUT2D eigenvalue weighted by Gasteiger charge is 2.05. The number of methoxy groups -OCH3 is 2. The van der Waals surface area contributed by atoms with Crippen LogP contribution in [0.3, 0.4) is 0 Å². The Balaban J connectivity index is 1.87. The summed E-state index contributed by atoms with van der Waals surface area (Å²) >= 11 is 5.18. The fourth-order valence-corrected chi connectivity index (χ4v) is 2.20. The SMILES string of the molecule is COc1ccc(NC(=S)N/N=C\c2ccc(OCC(=O)[O-])cc2)cc1OC. The molecule has 0 heterocycles. The summed E-state index contributed by atoms with van der Waals surface area (Å²) in [6, 6.07) is 12.0. The Morgan fingerprint density at radius 2 is 1.85 bits per heavy atom. The summed E-state index contributed by atoms with van der Waals surface area (Å²) in [6.07, 6.45) is 1.56. The minimum absolute atomic E-state index is 0.299. The van der Waals surface area contributed by atoms with Crippen LogP contribution in [0.1, 0.15) is 5.56 Å². The van der Waals surface area contributed by atoms with Crippen molar-refractivity contribution >= 4 is 35.2 Å². The number of rotatable bonds is 8. The first-order valence-corrected chi connectivity index (χ1v) is 8.17. The van der Waals surface area contributed by atoms with Gasteiger partial charge in [-0.3, -0.25) is 5.43 Å². The summed E-state index contributed by atoms with van der Waals surface area (Å²) in [6.45, 7) is -0.495. The first-order chi connectivity index (χ1) is 13.0. The molecule has 2 N–H and O–H groups in total. The molecule has 0 aliphatic heterocycles. The number of anilines is 1. The molecular weight excluding hydrogens is 370 g/mol. The normalized spacial score (nSPS) is 10.3. The average Bonchev–Trinajstić information content (AvgIpc) is 2.67. The molecule has 0 radical (unpaired) electrons. The minimum atomic E-state index is -1.28. The van der Waals surface area contributed by atoms with Crippen LogP contribution in [-0.2, 0) is 4.79 Å². The van der Waals surface area contributed by atoms with E-state index in [1.54, 1.807) is 62.9 Å². The molecule has 0 aliphatic carbocycles. The van der Waals surface area contributed by atoms with Gasteiger partial charge in [0.15, 0.2) is 16.6 Å². The molecule has 0 amide bonds. The summed E-state index contributed by atoms with van der Waals surface area (Å²) in [7, 11) is 3.12. The number of carboxylic acids is 1. The summed E-state index contributed by atoms with van der Waals surface area (Å²) in [5.74, 6) is 0.345. The number of benzene rings is 2. The molecular formula is C18H18N3O5S-. The van der Waals surface area contributed by atoms with Crippen LogP contribution in [0.2, 0.25) is 0 Å². The number of hydrogen-bond donors (Lipinski definition) is 2. The van der Waals surface area contributed by atoms with E-state index in [1.807, 2.05) is 0 Å². The molecule has 27 heavy (non-hydrogen) atoms. The second-order valence-electron chi connectivity index (χ2n) is 5.12. The van der Waals surface area contributed by atoms with E-state index < -0.39 is 12.6 Å². The van der Waals surface area contributed by atoms with Gasteiger partial charge in [0, 0.05) is 11.8 Å². The molecule has 0 aliphatic rings. The Hall–Kier alpha value is -3.33. The zero-order valence-corrected chi connectivity index (χ0v) is 15.5. The van der Waals surface area contributed by atoms with Crippen LogP contribution in [0.15, 0.2) is 47.6 Å². The van der Waals surface area contributed by atoms with Crippen LogP contribution in [0.4, 0.5) is 5.69 Å². The number of carbonyl (C=O) groups is 1. The zero-order valence-electron chi connectivity index (χ0n) is 14.7. The second-order valence-corrected chi connectivity index (χ2v) is 5.53. The number of nitrogens with zero attached hydrogens (tertiary/aromatic N) is 1. The third kappa shape index (κ3) is 6.48. The van der Waals surface area contributed by atoms with Crippen molar-refractivity contribution in [3.05, 3.63) is 48.0 Å². The standard InChI is InChI=1S/C18H19N3O5S/c1-24-15-8-5-13(9-16(15)25-2)20-18(27)21-19-10-12-3-6-14(7-4-12)26-11-17(22)23/h3-10H,11H2,1-2H3,(H,22,23)(H2,20,21,27)/p-1/b19-10-. The molecule has 2 aromatic carbocycles. The van der Waals surface area contributed by atoms with Crippen LogP contribution in [0.5, 0.6) is 17.2 Å². The predicted molar refractivity (Wildman–Crippen MR) is 103 cm³/mol. The van der Waals surface area contributed by atoms with Gasteiger partial charge >= 0.3 is 0 Å². The van der Waals surface area contributed by atoms with Gasteiger partial charge in [0.05, 0.1) is 26.4 Å². The van der Waals surface area contributed by atoms with Crippen molar-refractivity contribution in [1.29, 1.82) is 0 Å². The highest BCUT2D eigenvalue weighted by Crippen LogP contribution is 2.29. The highest BCUT2D eigenvalue weighted by atomic mass is 32.1. The van der Waals surface area contributed by atoms with Gasteiger partial charge < -0.3 is 29.4 Å². The number of hydrogen-bond acceptors (Lipinski definition) is 7. The number of carboxylic acid groups (broad SMARTS) is 1. The molecule has 8 nitrogen and oxygen atoms in total. The summed E-state index contributed by atoms with van der Waals surface area (Å²) in [5, 5.41) is 17.7. The molecule has 2 rings (SSSR count). The van der Waals surface area contributed by atoms with E-state index in [2.05, 4.69) is 15.8 Å². The Morgan fingerprint density at radius 3 is 2.48 bits per heavy atom. The zero-order chi connectivity index (χ0) is 19.6. The van der Waals surface area contributed by atoms with Crippen molar-refractivity contribution < 1.29 is 24.1 Å². The lowest BCUT2D eigenvalue weighted by Crippen LogP contribution is -2.28. The maximum absolute atomic E-state index is 10.3. The maximum atomic E-state index is 10.3. The fraction of sp³-hybridized carbons (Fsp3) is 0.167. The molecule has 0 saturated heterocycles. The molecule has 0 unspecified atom stereocenters.